The van der Waals surface area contributed by atoms with Gasteiger partial charge < -0.3 is 14.3 Å². The molecule has 0 saturated carbocycles. The standard InChI is InChI=1S/C20H16N4O2S/c1-24-13-12-21-20(24)27-15-8-6-14(7-9-15)22-18(25)10-11-19-23-16-4-2-3-5-17(16)26-19/h2-13H,1H3,(H,22,25)/b11-10+. The van der Waals surface area contributed by atoms with Crippen LogP contribution in [0.2, 0.25) is 0 Å². The summed E-state index contributed by atoms with van der Waals surface area (Å²) < 4.78 is 7.51. The van der Waals surface area contributed by atoms with Gasteiger partial charge in [0, 0.05) is 42.2 Å². The molecular weight excluding hydrogens is 360 g/mol. The Morgan fingerprint density at radius 3 is 2.74 bits per heavy atom. The summed E-state index contributed by atoms with van der Waals surface area (Å²) in [6.07, 6.45) is 6.63. The molecule has 7 heteroatoms. The molecule has 27 heavy (non-hydrogen) atoms. The normalized spacial score (nSPS) is 11.3. The van der Waals surface area contributed by atoms with Gasteiger partial charge in [0.15, 0.2) is 10.7 Å². The van der Waals surface area contributed by atoms with Gasteiger partial charge >= 0.3 is 0 Å². The topological polar surface area (TPSA) is 73.0 Å². The molecule has 1 N–H and O–H groups in total. The molecule has 0 radical (unpaired) electrons. The van der Waals surface area contributed by atoms with Crippen molar-refractivity contribution in [3.8, 4) is 0 Å². The monoisotopic (exact) mass is 376 g/mol. The number of fused-ring (bicyclic) bond motifs is 1. The number of hydrogen-bond donors (Lipinski definition) is 1. The number of para-hydroxylation sites is 2. The summed E-state index contributed by atoms with van der Waals surface area (Å²) in [7, 11) is 1.95. The number of aromatic nitrogens is 3. The van der Waals surface area contributed by atoms with Gasteiger partial charge in [-0.2, -0.15) is 0 Å². The van der Waals surface area contributed by atoms with Crippen LogP contribution in [-0.2, 0) is 11.8 Å². The molecular formula is C20H16N4O2S. The van der Waals surface area contributed by atoms with Crippen molar-refractivity contribution < 1.29 is 9.21 Å². The van der Waals surface area contributed by atoms with E-state index in [-0.39, 0.29) is 5.91 Å². The van der Waals surface area contributed by atoms with Crippen molar-refractivity contribution >= 4 is 40.5 Å². The van der Waals surface area contributed by atoms with Gasteiger partial charge in [-0.25, -0.2) is 9.97 Å². The molecule has 2 aromatic heterocycles. The SMILES string of the molecule is Cn1ccnc1Sc1ccc(NC(=O)/C=C/c2nc3ccccc3o2)cc1. The third kappa shape index (κ3) is 4.09. The lowest BCUT2D eigenvalue weighted by Crippen LogP contribution is -2.07. The van der Waals surface area contributed by atoms with Gasteiger partial charge in [0.05, 0.1) is 0 Å². The fraction of sp³-hybridized carbons (Fsp3) is 0.0500. The molecule has 0 fully saturated rings. The lowest BCUT2D eigenvalue weighted by atomic mass is 10.3. The number of carbonyl (C=O) groups is 1. The smallest absolute Gasteiger partial charge is 0.248 e. The number of aryl methyl sites for hydroxylation is 1. The van der Waals surface area contributed by atoms with Gasteiger partial charge in [-0.15, -0.1) is 0 Å². The van der Waals surface area contributed by atoms with Crippen LogP contribution < -0.4 is 5.32 Å². The third-order valence-corrected chi connectivity index (χ3v) is 4.88. The molecule has 1 amide bonds. The molecule has 0 aliphatic rings. The number of anilines is 1. The number of rotatable bonds is 5. The highest BCUT2D eigenvalue weighted by molar-refractivity contribution is 7.99. The van der Waals surface area contributed by atoms with Crippen LogP contribution >= 0.6 is 11.8 Å². The average molecular weight is 376 g/mol. The van der Waals surface area contributed by atoms with Crippen molar-refractivity contribution in [3.63, 3.8) is 0 Å². The second-order valence-electron chi connectivity index (χ2n) is 5.79. The molecule has 2 heterocycles. The molecule has 4 rings (SSSR count). The van der Waals surface area contributed by atoms with Crippen molar-refractivity contribution in [2.24, 2.45) is 7.05 Å². The van der Waals surface area contributed by atoms with Gasteiger partial charge in [-0.1, -0.05) is 23.9 Å². The first kappa shape index (κ1) is 17.1. The molecule has 2 aromatic carbocycles. The Bertz CT molecular complexity index is 1080. The molecule has 6 nitrogen and oxygen atoms in total. The van der Waals surface area contributed by atoms with Gasteiger partial charge in [-0.05, 0) is 36.4 Å². The first-order valence-electron chi connectivity index (χ1n) is 8.27. The third-order valence-electron chi connectivity index (χ3n) is 3.80. The number of carbonyl (C=O) groups excluding carboxylic acids is 1. The van der Waals surface area contributed by atoms with E-state index in [1.165, 1.54) is 6.08 Å². The summed E-state index contributed by atoms with van der Waals surface area (Å²) in [6, 6.07) is 15.1. The number of hydrogen-bond acceptors (Lipinski definition) is 5. The Hall–Kier alpha value is -3.32. The second kappa shape index (κ2) is 7.51. The molecule has 0 spiro atoms. The van der Waals surface area contributed by atoms with E-state index in [2.05, 4.69) is 15.3 Å². The predicted molar refractivity (Wildman–Crippen MR) is 105 cm³/mol. The lowest BCUT2D eigenvalue weighted by molar-refractivity contribution is -0.111. The van der Waals surface area contributed by atoms with E-state index in [1.54, 1.807) is 24.0 Å². The van der Waals surface area contributed by atoms with E-state index in [4.69, 9.17) is 4.42 Å². The zero-order valence-electron chi connectivity index (χ0n) is 14.5. The van der Waals surface area contributed by atoms with Crippen LogP contribution in [0.3, 0.4) is 0 Å². The molecule has 0 aliphatic carbocycles. The van der Waals surface area contributed by atoms with Gasteiger partial charge in [0.2, 0.25) is 11.8 Å². The summed E-state index contributed by atoms with van der Waals surface area (Å²) in [5.74, 6) is 0.148. The Labute approximate surface area is 159 Å². The molecule has 0 bridgehead atoms. The maximum atomic E-state index is 12.1. The van der Waals surface area contributed by atoms with Crippen LogP contribution in [0.4, 0.5) is 5.69 Å². The average Bonchev–Trinajstić information content (AvgIpc) is 3.27. The van der Waals surface area contributed by atoms with E-state index in [9.17, 15) is 4.79 Å². The minimum Gasteiger partial charge on any atom is -0.437 e. The number of oxazole rings is 1. The minimum absolute atomic E-state index is 0.248. The zero-order chi connectivity index (χ0) is 18.6. The number of imidazole rings is 1. The van der Waals surface area contributed by atoms with Crippen LogP contribution in [0.25, 0.3) is 17.2 Å². The van der Waals surface area contributed by atoms with Crippen molar-refractivity contribution in [1.29, 1.82) is 0 Å². The van der Waals surface area contributed by atoms with Gasteiger partial charge in [0.1, 0.15) is 5.52 Å². The summed E-state index contributed by atoms with van der Waals surface area (Å²) in [5.41, 5.74) is 2.17. The Kier molecular flexibility index (Phi) is 4.76. The summed E-state index contributed by atoms with van der Waals surface area (Å²) in [6.45, 7) is 0. The zero-order valence-corrected chi connectivity index (χ0v) is 15.3. The highest BCUT2D eigenvalue weighted by atomic mass is 32.2. The Morgan fingerprint density at radius 1 is 1.19 bits per heavy atom. The van der Waals surface area contributed by atoms with Crippen LogP contribution in [-0.4, -0.2) is 20.4 Å². The van der Waals surface area contributed by atoms with Crippen LogP contribution in [0, 0.1) is 0 Å². The largest absolute Gasteiger partial charge is 0.437 e. The summed E-state index contributed by atoms with van der Waals surface area (Å²) in [5, 5.41) is 3.73. The van der Waals surface area contributed by atoms with Crippen molar-refractivity contribution in [2.45, 2.75) is 10.1 Å². The van der Waals surface area contributed by atoms with Gasteiger partial charge in [-0.3, -0.25) is 4.79 Å². The fourth-order valence-corrected chi connectivity index (χ4v) is 3.26. The first-order valence-corrected chi connectivity index (χ1v) is 9.09. The van der Waals surface area contributed by atoms with E-state index in [1.807, 2.05) is 66.3 Å². The Balaban J connectivity index is 1.38. The van der Waals surface area contributed by atoms with Crippen molar-refractivity contribution in [3.05, 3.63) is 72.9 Å². The van der Waals surface area contributed by atoms with Gasteiger partial charge in [0.25, 0.3) is 0 Å². The van der Waals surface area contributed by atoms with Crippen LogP contribution in [0.1, 0.15) is 5.89 Å². The molecule has 4 aromatic rings. The molecule has 0 unspecified atom stereocenters. The van der Waals surface area contributed by atoms with Crippen molar-refractivity contribution in [1.82, 2.24) is 14.5 Å². The first-order chi connectivity index (χ1) is 13.2. The number of nitrogens with one attached hydrogen (secondary N) is 1. The highest BCUT2D eigenvalue weighted by Crippen LogP contribution is 2.26. The number of amides is 1. The van der Waals surface area contributed by atoms with Crippen molar-refractivity contribution in [2.75, 3.05) is 5.32 Å². The highest BCUT2D eigenvalue weighted by Gasteiger charge is 2.05. The molecule has 0 atom stereocenters. The number of nitrogens with zero attached hydrogens (tertiary/aromatic N) is 3. The second-order valence-corrected chi connectivity index (χ2v) is 6.83. The quantitative estimate of drug-likeness (QED) is 0.524. The van der Waals surface area contributed by atoms with Crippen LogP contribution in [0.5, 0.6) is 0 Å². The minimum atomic E-state index is -0.248. The fourth-order valence-electron chi connectivity index (χ4n) is 2.45. The molecule has 134 valence electrons. The Morgan fingerprint density at radius 2 is 2.00 bits per heavy atom. The van der Waals surface area contributed by atoms with Crippen LogP contribution in [0.15, 0.2) is 81.5 Å². The van der Waals surface area contributed by atoms with E-state index < -0.39 is 0 Å². The molecule has 0 aliphatic heterocycles. The van der Waals surface area contributed by atoms with E-state index in [0.717, 1.165) is 15.6 Å². The maximum Gasteiger partial charge on any atom is 0.248 e. The lowest BCUT2D eigenvalue weighted by Gasteiger charge is -2.04. The van der Waals surface area contributed by atoms with E-state index in [0.29, 0.717) is 17.2 Å². The predicted octanol–water partition coefficient (Wildman–Crippen LogP) is 4.36. The van der Waals surface area contributed by atoms with E-state index >= 15 is 0 Å². The maximum absolute atomic E-state index is 12.1. The summed E-state index contributed by atoms with van der Waals surface area (Å²) in [4.78, 5) is 21.7. The number of benzene rings is 2. The molecule has 0 saturated heterocycles. The summed E-state index contributed by atoms with van der Waals surface area (Å²) >= 11 is 1.56.